The molecule has 0 N–H and O–H groups in total. The highest BCUT2D eigenvalue weighted by Crippen LogP contribution is 2.46. The molecule has 89 heavy (non-hydrogen) atoms. The van der Waals surface area contributed by atoms with E-state index in [0.29, 0.717) is 17.3 Å². The molecule has 2 aliphatic carbocycles. The highest BCUT2D eigenvalue weighted by Gasteiger charge is 2.44. The molecule has 0 radical (unpaired) electrons. The van der Waals surface area contributed by atoms with E-state index in [4.69, 9.17) is 0 Å². The van der Waals surface area contributed by atoms with Gasteiger partial charge in [-0.3, -0.25) is 4.98 Å². The quantitative estimate of drug-likeness (QED) is 0.0549. The van der Waals surface area contributed by atoms with Crippen LogP contribution in [0.25, 0.3) is 10.6 Å². The number of rotatable bonds is 25. The zero-order valence-electron chi connectivity index (χ0n) is 51.7. The van der Waals surface area contributed by atoms with Gasteiger partial charge in [-0.25, -0.2) is 25.3 Å². The van der Waals surface area contributed by atoms with Crippen molar-refractivity contribution in [1.82, 2.24) is 23.4 Å². The van der Waals surface area contributed by atoms with Crippen molar-refractivity contribution in [3.8, 4) is 10.6 Å². The van der Waals surface area contributed by atoms with Crippen LogP contribution in [0.2, 0.25) is 0 Å². The Kier molecular flexibility index (Phi) is 21.4. The predicted octanol–water partition coefficient (Wildman–Crippen LogP) is 14.7. The molecule has 2 fully saturated rings. The molecular weight excluding hydrogens is 1200 g/mol. The molecule has 470 valence electrons. The second-order valence-electron chi connectivity index (χ2n) is 25.4. The number of likely N-dealkylation sites (tertiary alicyclic amines) is 2. The van der Waals surface area contributed by atoms with Gasteiger partial charge in [-0.05, 0) is 223 Å². The number of likely N-dealkylation sites (N-methyl/N-ethyl adjacent to an activating group) is 2. The van der Waals surface area contributed by atoms with Gasteiger partial charge in [0.1, 0.15) is 12.6 Å². The molecule has 8 aromatic rings. The number of aryl methyl sites for hydroxylation is 4. The average molecular weight is 1290 g/mol. The Morgan fingerprint density at radius 2 is 0.910 bits per heavy atom. The van der Waals surface area contributed by atoms with Crippen LogP contribution >= 0.6 is 22.7 Å². The molecule has 4 aliphatic rings. The number of nitrogens with zero attached hydrogens (tertiary/aromatic N) is 5. The Morgan fingerprint density at radius 3 is 1.39 bits per heavy atom. The Labute approximate surface area is 538 Å². The maximum absolute atomic E-state index is 13.9. The van der Waals surface area contributed by atoms with E-state index in [1.54, 1.807) is 48.9 Å². The van der Waals surface area contributed by atoms with Crippen molar-refractivity contribution in [2.75, 3.05) is 66.5 Å². The van der Waals surface area contributed by atoms with Gasteiger partial charge in [0.2, 0.25) is 9.84 Å². The number of sulfone groups is 1. The van der Waals surface area contributed by atoms with Crippen molar-refractivity contribution in [2.45, 2.75) is 131 Å². The number of piperidine rings is 2. The van der Waals surface area contributed by atoms with Gasteiger partial charge >= 0.3 is 0 Å². The number of pyridine rings is 1. The first-order valence-corrected chi connectivity index (χ1v) is 38.1. The van der Waals surface area contributed by atoms with Gasteiger partial charge in [-0.1, -0.05) is 146 Å². The number of fused-ring (bicyclic) bond motifs is 2. The third-order valence-electron chi connectivity index (χ3n) is 19.7. The second kappa shape index (κ2) is 29.3. The number of benzene rings is 5. The lowest BCUT2D eigenvalue weighted by Crippen LogP contribution is -2.44. The molecule has 0 saturated carbocycles. The summed E-state index contributed by atoms with van der Waals surface area (Å²) < 4.78 is 85.4. The standard InChI is InChI=1S/C37H44N2O4S3.C36H43N3O2S2/c1-38(46(42,43)36-20-19-35(44-36)45(40,41)33-16-6-3-7-17-33)29-37(24-21-32-15-8-9-18-34(32)37)25-28-39-26-22-31(23-27-39)14-10-13-30-11-4-2-5-12-30;1-38(43(40,41)35-18-17-34(42-35)33-16-7-8-24-37-33)28-36(22-19-31-14-5-6-15-32(31)36)23-27-39-25-20-30(21-26-39)13-9-12-29-10-3-2-4-11-29/h2-9,11-12,15-20,31H,10,13-14,21-29H2,1H3;2-8,10-11,14-18,24,30H,9,12-13,19-23,25-28H2,1H3. The van der Waals surface area contributed by atoms with Crippen molar-refractivity contribution in [2.24, 2.45) is 11.8 Å². The highest BCUT2D eigenvalue weighted by atomic mass is 32.3. The minimum absolute atomic E-state index is 0.0371. The number of hydrogen-bond acceptors (Lipinski definition) is 11. The Hall–Kier alpha value is -5.66. The molecule has 2 atom stereocenters. The van der Waals surface area contributed by atoms with Crippen molar-refractivity contribution < 1.29 is 25.3 Å². The Morgan fingerprint density at radius 1 is 0.483 bits per heavy atom. The SMILES string of the molecule is CN(CC1(CCN2CCC(CCCc3ccccc3)CC2)CCc2ccccc21)S(=O)(=O)c1ccc(-c2ccccn2)s1.CN(CC1(CCN2CCC(CCCc3ccccc3)CC2)CCc2ccccc21)S(=O)(=O)c1ccc(S(=O)(=O)c2ccccc2)s1. The lowest BCUT2D eigenvalue weighted by molar-refractivity contribution is 0.158. The van der Waals surface area contributed by atoms with Gasteiger partial charge in [-0.15, -0.1) is 22.7 Å². The van der Waals surface area contributed by atoms with E-state index >= 15 is 0 Å². The summed E-state index contributed by atoms with van der Waals surface area (Å²) in [7, 11) is -7.90. The lowest BCUT2D eigenvalue weighted by Gasteiger charge is -2.38. The summed E-state index contributed by atoms with van der Waals surface area (Å²) in [6.45, 7) is 7.30. The maximum atomic E-state index is 13.9. The van der Waals surface area contributed by atoms with Crippen LogP contribution in [0.1, 0.15) is 110 Å². The fourth-order valence-electron chi connectivity index (χ4n) is 14.5. The normalized spacial score (nSPS) is 19.5. The molecule has 12 rings (SSSR count). The van der Waals surface area contributed by atoms with Crippen molar-refractivity contribution in [3.05, 3.63) is 222 Å². The Balaban J connectivity index is 0.000000184. The molecule has 0 bridgehead atoms. The zero-order chi connectivity index (χ0) is 61.9. The molecule has 2 unspecified atom stereocenters. The third-order valence-corrected chi connectivity index (χ3v) is 28.7. The summed E-state index contributed by atoms with van der Waals surface area (Å²) in [5, 5.41) is 0. The van der Waals surface area contributed by atoms with Gasteiger partial charge in [0, 0.05) is 44.2 Å². The molecule has 3 aromatic heterocycles. The van der Waals surface area contributed by atoms with Crippen LogP contribution in [-0.2, 0) is 66.4 Å². The molecule has 5 heterocycles. The first-order chi connectivity index (χ1) is 43.1. The van der Waals surface area contributed by atoms with E-state index in [2.05, 4.69) is 124 Å². The summed E-state index contributed by atoms with van der Waals surface area (Å²) in [6.07, 6.45) is 19.8. The van der Waals surface area contributed by atoms with Gasteiger partial charge < -0.3 is 9.80 Å². The molecule has 0 spiro atoms. The molecule has 5 aromatic carbocycles. The van der Waals surface area contributed by atoms with E-state index in [9.17, 15) is 25.3 Å². The van der Waals surface area contributed by atoms with Gasteiger partial charge in [0.15, 0.2) is 0 Å². The largest absolute Gasteiger partial charge is 0.303 e. The number of aromatic nitrogens is 1. The van der Waals surface area contributed by atoms with E-state index in [0.717, 1.165) is 118 Å². The van der Waals surface area contributed by atoms with Crippen LogP contribution in [0.5, 0.6) is 0 Å². The summed E-state index contributed by atoms with van der Waals surface area (Å²) in [5.41, 5.74) is 8.48. The molecule has 16 heteroatoms. The van der Waals surface area contributed by atoms with Gasteiger partial charge in [-0.2, -0.15) is 8.61 Å². The zero-order valence-corrected chi connectivity index (χ0v) is 55.8. The summed E-state index contributed by atoms with van der Waals surface area (Å²) >= 11 is 2.13. The van der Waals surface area contributed by atoms with Crippen LogP contribution < -0.4 is 0 Å². The van der Waals surface area contributed by atoms with Crippen molar-refractivity contribution in [1.29, 1.82) is 0 Å². The first-order valence-electron chi connectivity index (χ1n) is 32.1. The van der Waals surface area contributed by atoms with Crippen LogP contribution in [0.4, 0.5) is 0 Å². The number of thiophene rings is 2. The van der Waals surface area contributed by atoms with Crippen LogP contribution in [-0.4, -0.2) is 115 Å². The summed E-state index contributed by atoms with van der Waals surface area (Å²) in [5.74, 6) is 1.60. The smallest absolute Gasteiger partial charge is 0.252 e. The van der Waals surface area contributed by atoms with E-state index in [-0.39, 0.29) is 24.1 Å². The molecule has 0 amide bonds. The van der Waals surface area contributed by atoms with E-state index < -0.39 is 29.9 Å². The van der Waals surface area contributed by atoms with Gasteiger partial charge in [0.05, 0.1) is 15.5 Å². The third kappa shape index (κ3) is 15.6. The fraction of sp³-hybridized carbons (Fsp3) is 0.411. The van der Waals surface area contributed by atoms with E-state index in [1.165, 1.54) is 131 Å². The molecule has 11 nitrogen and oxygen atoms in total. The number of sulfonamides is 2. The van der Waals surface area contributed by atoms with Crippen LogP contribution in [0.3, 0.4) is 0 Å². The maximum Gasteiger partial charge on any atom is 0.252 e. The average Bonchev–Trinajstić information content (AvgIpc) is 1.70. The first kappa shape index (κ1) is 64.9. The highest BCUT2D eigenvalue weighted by molar-refractivity contribution is 7.95. The monoisotopic (exact) mass is 1290 g/mol. The van der Waals surface area contributed by atoms with Crippen molar-refractivity contribution in [3.63, 3.8) is 0 Å². The van der Waals surface area contributed by atoms with E-state index in [1.807, 2.05) is 24.3 Å². The molecule has 2 aliphatic heterocycles. The summed E-state index contributed by atoms with van der Waals surface area (Å²) in [6, 6.07) is 59.1. The number of hydrogen-bond donors (Lipinski definition) is 0. The van der Waals surface area contributed by atoms with Gasteiger partial charge in [0.25, 0.3) is 20.0 Å². The molecular formula is C73H87N5O6S5. The van der Waals surface area contributed by atoms with Crippen LogP contribution in [0, 0.1) is 11.8 Å². The predicted molar refractivity (Wildman–Crippen MR) is 363 cm³/mol. The fourth-order valence-corrected chi connectivity index (χ4v) is 21.9. The Bertz CT molecular complexity index is 3910. The topological polar surface area (TPSA) is 128 Å². The van der Waals surface area contributed by atoms with Crippen molar-refractivity contribution >= 4 is 52.6 Å². The molecule has 2 saturated heterocycles. The van der Waals surface area contributed by atoms with Crippen LogP contribution in [0.15, 0.2) is 206 Å². The summed E-state index contributed by atoms with van der Waals surface area (Å²) in [4.78, 5) is 10.6. The minimum Gasteiger partial charge on any atom is -0.303 e. The second-order valence-corrected chi connectivity index (χ2v) is 34.3. The lowest BCUT2D eigenvalue weighted by atomic mass is 9.78. The minimum atomic E-state index is -3.89.